The highest BCUT2D eigenvalue weighted by Gasteiger charge is 2.06. The van der Waals surface area contributed by atoms with Gasteiger partial charge in [0.25, 0.3) is 0 Å². The second kappa shape index (κ2) is 3.36. The molecule has 0 unspecified atom stereocenters. The Morgan fingerprint density at radius 2 is 2.15 bits per heavy atom. The Kier molecular flexibility index (Phi) is 2.36. The molecule has 1 aromatic carbocycles. The van der Waals surface area contributed by atoms with Crippen molar-refractivity contribution >= 4 is 37.4 Å². The molecule has 4 heteroatoms. The number of halogens is 2. The van der Waals surface area contributed by atoms with E-state index in [2.05, 4.69) is 15.9 Å². The van der Waals surface area contributed by atoms with Gasteiger partial charge in [-0.15, -0.1) is 11.3 Å². The lowest BCUT2D eigenvalue weighted by Crippen LogP contribution is -1.73. The van der Waals surface area contributed by atoms with Crippen molar-refractivity contribution in [3.05, 3.63) is 33.4 Å². The van der Waals surface area contributed by atoms with Gasteiger partial charge in [-0.1, -0.05) is 15.9 Å². The van der Waals surface area contributed by atoms with Crippen molar-refractivity contribution in [1.82, 2.24) is 0 Å². The van der Waals surface area contributed by atoms with Crippen molar-refractivity contribution in [3.63, 3.8) is 0 Å². The van der Waals surface area contributed by atoms with Crippen LogP contribution in [-0.4, -0.2) is 5.11 Å². The van der Waals surface area contributed by atoms with Gasteiger partial charge in [-0.25, -0.2) is 4.39 Å². The maximum atomic E-state index is 12.9. The van der Waals surface area contributed by atoms with Crippen molar-refractivity contribution in [3.8, 4) is 0 Å². The molecule has 2 aromatic rings. The van der Waals surface area contributed by atoms with Gasteiger partial charge in [0.2, 0.25) is 0 Å². The molecule has 1 aromatic heterocycles. The average Bonchev–Trinajstić information content (AvgIpc) is 2.47. The fourth-order valence-electron chi connectivity index (χ4n) is 1.20. The topological polar surface area (TPSA) is 20.2 Å². The molecular weight excluding hydrogens is 255 g/mol. The Bertz CT molecular complexity index is 452. The first-order valence-corrected chi connectivity index (χ1v) is 5.30. The van der Waals surface area contributed by atoms with E-state index in [0.717, 1.165) is 19.4 Å². The molecule has 0 radical (unpaired) electrons. The third-order valence-corrected chi connectivity index (χ3v) is 3.48. The predicted octanol–water partition coefficient (Wildman–Crippen LogP) is 3.30. The van der Waals surface area contributed by atoms with E-state index in [-0.39, 0.29) is 12.4 Å². The van der Waals surface area contributed by atoms with Gasteiger partial charge in [0, 0.05) is 19.4 Å². The number of benzene rings is 1. The third kappa shape index (κ3) is 1.61. The molecule has 0 aliphatic heterocycles. The van der Waals surface area contributed by atoms with Crippen LogP contribution in [0, 0.1) is 5.82 Å². The zero-order valence-electron chi connectivity index (χ0n) is 6.55. The van der Waals surface area contributed by atoms with E-state index in [0.29, 0.717) is 0 Å². The first-order chi connectivity index (χ1) is 6.20. The number of fused-ring (bicyclic) bond motifs is 1. The number of aliphatic hydroxyl groups is 1. The largest absolute Gasteiger partial charge is 0.391 e. The summed E-state index contributed by atoms with van der Waals surface area (Å²) >= 11 is 4.68. The molecule has 1 heterocycles. The first-order valence-electron chi connectivity index (χ1n) is 3.69. The first kappa shape index (κ1) is 9.12. The molecule has 68 valence electrons. The van der Waals surface area contributed by atoms with Crippen molar-refractivity contribution in [2.75, 3.05) is 0 Å². The van der Waals surface area contributed by atoms with Crippen LogP contribution in [0.1, 0.15) is 4.88 Å². The Morgan fingerprint density at radius 1 is 1.38 bits per heavy atom. The second-order valence-electron chi connectivity index (χ2n) is 2.67. The second-order valence-corrected chi connectivity index (χ2v) is 4.69. The van der Waals surface area contributed by atoms with Crippen molar-refractivity contribution < 1.29 is 9.50 Å². The summed E-state index contributed by atoms with van der Waals surface area (Å²) in [4.78, 5) is 0.848. The van der Waals surface area contributed by atoms with Crippen molar-refractivity contribution in [2.24, 2.45) is 0 Å². The molecule has 0 aliphatic rings. The molecule has 1 nitrogen and oxygen atoms in total. The Labute approximate surface area is 86.9 Å². The van der Waals surface area contributed by atoms with Crippen LogP contribution in [0.15, 0.2) is 22.7 Å². The van der Waals surface area contributed by atoms with Crippen LogP contribution < -0.4 is 0 Å². The highest BCUT2D eigenvalue weighted by Crippen LogP contribution is 2.32. The van der Waals surface area contributed by atoms with Crippen LogP contribution in [0.3, 0.4) is 0 Å². The zero-order valence-corrected chi connectivity index (χ0v) is 8.95. The average molecular weight is 261 g/mol. The summed E-state index contributed by atoms with van der Waals surface area (Å²) in [6.45, 7) is 0.00735. The molecule has 0 amide bonds. The summed E-state index contributed by atoms with van der Waals surface area (Å²) in [6.07, 6.45) is 0. The molecule has 0 bridgehead atoms. The molecule has 0 fully saturated rings. The Balaban J connectivity index is 2.75. The van der Waals surface area contributed by atoms with Crippen LogP contribution in [0.4, 0.5) is 4.39 Å². The van der Waals surface area contributed by atoms with Crippen LogP contribution in [-0.2, 0) is 6.61 Å². The van der Waals surface area contributed by atoms with Crippen molar-refractivity contribution in [1.29, 1.82) is 0 Å². The Morgan fingerprint density at radius 3 is 2.85 bits per heavy atom. The quantitative estimate of drug-likeness (QED) is 0.835. The van der Waals surface area contributed by atoms with Gasteiger partial charge in [0.1, 0.15) is 5.82 Å². The standard InChI is InChI=1S/C9H6BrFOS/c10-8-1-5(11)2-9-7(8)3-6(4-12)13-9/h1-3,12H,4H2. The van der Waals surface area contributed by atoms with E-state index in [4.69, 9.17) is 5.11 Å². The van der Waals surface area contributed by atoms with Gasteiger partial charge in [-0.2, -0.15) is 0 Å². The van der Waals surface area contributed by atoms with E-state index >= 15 is 0 Å². The smallest absolute Gasteiger partial charge is 0.125 e. The summed E-state index contributed by atoms with van der Waals surface area (Å²) in [5, 5.41) is 9.85. The lowest BCUT2D eigenvalue weighted by molar-refractivity contribution is 0.285. The highest BCUT2D eigenvalue weighted by molar-refractivity contribution is 9.10. The molecule has 0 saturated heterocycles. The van der Waals surface area contributed by atoms with E-state index in [1.165, 1.54) is 23.5 Å². The molecule has 1 N–H and O–H groups in total. The monoisotopic (exact) mass is 260 g/mol. The molecule has 2 rings (SSSR count). The lowest BCUT2D eigenvalue weighted by atomic mass is 10.2. The number of hydrogen-bond acceptors (Lipinski definition) is 2. The van der Waals surface area contributed by atoms with Gasteiger partial charge in [0.15, 0.2) is 0 Å². The zero-order chi connectivity index (χ0) is 9.42. The minimum absolute atomic E-state index is 0.00735. The number of aliphatic hydroxyl groups excluding tert-OH is 1. The minimum atomic E-state index is -0.259. The van der Waals surface area contributed by atoms with Crippen molar-refractivity contribution in [2.45, 2.75) is 6.61 Å². The summed E-state index contributed by atoms with van der Waals surface area (Å²) in [7, 11) is 0. The van der Waals surface area contributed by atoms with Crippen LogP contribution in [0.5, 0.6) is 0 Å². The predicted molar refractivity (Wildman–Crippen MR) is 55.4 cm³/mol. The summed E-state index contributed by atoms with van der Waals surface area (Å²) in [6, 6.07) is 4.77. The summed E-state index contributed by atoms with van der Waals surface area (Å²) in [5.74, 6) is -0.259. The highest BCUT2D eigenvalue weighted by atomic mass is 79.9. The number of rotatable bonds is 1. The number of hydrogen-bond donors (Lipinski definition) is 1. The SMILES string of the molecule is OCc1cc2c(Br)cc(F)cc2s1. The molecule has 0 saturated carbocycles. The van der Waals surface area contributed by atoms with Gasteiger partial charge in [-0.3, -0.25) is 0 Å². The van der Waals surface area contributed by atoms with E-state index < -0.39 is 0 Å². The maximum Gasteiger partial charge on any atom is 0.125 e. The van der Waals surface area contributed by atoms with Crippen LogP contribution in [0.25, 0.3) is 10.1 Å². The normalized spacial score (nSPS) is 11.0. The van der Waals surface area contributed by atoms with E-state index in [9.17, 15) is 4.39 Å². The van der Waals surface area contributed by atoms with Crippen LogP contribution in [0.2, 0.25) is 0 Å². The fraction of sp³-hybridized carbons (Fsp3) is 0.111. The van der Waals surface area contributed by atoms with Gasteiger partial charge in [0.05, 0.1) is 6.61 Å². The molecule has 13 heavy (non-hydrogen) atoms. The molecule has 0 spiro atoms. The Hall–Kier alpha value is -0.450. The fourth-order valence-corrected chi connectivity index (χ4v) is 2.85. The summed E-state index contributed by atoms with van der Waals surface area (Å²) in [5.41, 5.74) is 0. The third-order valence-electron chi connectivity index (χ3n) is 1.76. The van der Waals surface area contributed by atoms with Gasteiger partial charge >= 0.3 is 0 Å². The van der Waals surface area contributed by atoms with Crippen LogP contribution >= 0.6 is 27.3 Å². The maximum absolute atomic E-state index is 12.9. The molecule has 0 atom stereocenters. The van der Waals surface area contributed by atoms with Gasteiger partial charge < -0.3 is 5.11 Å². The molecular formula is C9H6BrFOS. The minimum Gasteiger partial charge on any atom is -0.391 e. The lowest BCUT2D eigenvalue weighted by Gasteiger charge is -1.93. The summed E-state index contributed by atoms with van der Waals surface area (Å²) < 4.78 is 14.5. The van der Waals surface area contributed by atoms with E-state index in [1.807, 2.05) is 6.07 Å². The number of thiophene rings is 1. The van der Waals surface area contributed by atoms with Gasteiger partial charge in [-0.05, 0) is 18.2 Å². The van der Waals surface area contributed by atoms with E-state index in [1.54, 1.807) is 0 Å². The molecule has 0 aliphatic carbocycles.